The van der Waals surface area contributed by atoms with Crippen molar-refractivity contribution in [1.82, 2.24) is 9.88 Å². The highest BCUT2D eigenvalue weighted by Crippen LogP contribution is 2.24. The van der Waals surface area contributed by atoms with E-state index < -0.39 is 0 Å². The molecule has 84 valence electrons. The molecule has 0 aliphatic heterocycles. The van der Waals surface area contributed by atoms with Gasteiger partial charge in [0.1, 0.15) is 0 Å². The lowest BCUT2D eigenvalue weighted by atomic mass is 10.2. The molecule has 0 aromatic carbocycles. The van der Waals surface area contributed by atoms with Gasteiger partial charge in [-0.2, -0.15) is 0 Å². The Kier molecular flexibility index (Phi) is 4.09. The monoisotopic (exact) mass is 296 g/mol. The van der Waals surface area contributed by atoms with Gasteiger partial charge in [0.15, 0.2) is 0 Å². The van der Waals surface area contributed by atoms with Gasteiger partial charge in [-0.05, 0) is 52.1 Å². The zero-order chi connectivity index (χ0) is 11.4. The number of pyridine rings is 1. The number of thiophene rings is 1. The number of nitrogens with zero attached hydrogens (tertiary/aromatic N) is 2. The zero-order valence-corrected chi connectivity index (χ0v) is 11.5. The largest absolute Gasteiger partial charge is 0.297 e. The van der Waals surface area contributed by atoms with Gasteiger partial charge in [0.2, 0.25) is 0 Å². The Morgan fingerprint density at radius 1 is 1.25 bits per heavy atom. The first-order chi connectivity index (χ1) is 7.75. The van der Waals surface area contributed by atoms with E-state index in [2.05, 4.69) is 56.4 Å². The van der Waals surface area contributed by atoms with Crippen molar-refractivity contribution < 1.29 is 0 Å². The van der Waals surface area contributed by atoms with Gasteiger partial charge in [-0.1, -0.05) is 0 Å². The molecular formula is C12H13BrN2S. The van der Waals surface area contributed by atoms with Gasteiger partial charge in [0.05, 0.1) is 0 Å². The molecule has 0 aliphatic rings. The van der Waals surface area contributed by atoms with Crippen molar-refractivity contribution in [2.45, 2.75) is 13.1 Å². The van der Waals surface area contributed by atoms with Crippen molar-refractivity contribution in [3.8, 4) is 0 Å². The van der Waals surface area contributed by atoms with E-state index in [9.17, 15) is 0 Å². The predicted octanol–water partition coefficient (Wildman–Crippen LogP) is 3.54. The van der Waals surface area contributed by atoms with Crippen LogP contribution in [-0.4, -0.2) is 16.9 Å². The molecule has 0 spiro atoms. The van der Waals surface area contributed by atoms with E-state index >= 15 is 0 Å². The second-order valence-electron chi connectivity index (χ2n) is 3.72. The summed E-state index contributed by atoms with van der Waals surface area (Å²) in [6.45, 7) is 1.92. The minimum Gasteiger partial charge on any atom is -0.297 e. The van der Waals surface area contributed by atoms with E-state index in [1.807, 2.05) is 12.4 Å². The fourth-order valence-corrected chi connectivity index (χ4v) is 3.10. The fraction of sp³-hybridized carbons (Fsp3) is 0.250. The standard InChI is InChI=1S/C12H13BrN2S/c1-15(8-10-2-5-14-6-3-10)9-12-11(13)4-7-16-12/h2-7H,8-9H2,1H3. The lowest BCUT2D eigenvalue weighted by molar-refractivity contribution is 0.321. The van der Waals surface area contributed by atoms with Crippen molar-refractivity contribution >= 4 is 27.3 Å². The van der Waals surface area contributed by atoms with Crippen molar-refractivity contribution in [2.75, 3.05) is 7.05 Å². The molecule has 2 aromatic rings. The topological polar surface area (TPSA) is 16.1 Å². The van der Waals surface area contributed by atoms with E-state index in [1.165, 1.54) is 14.9 Å². The van der Waals surface area contributed by atoms with Gasteiger partial charge in [-0.3, -0.25) is 9.88 Å². The summed E-state index contributed by atoms with van der Waals surface area (Å²) in [4.78, 5) is 7.69. The Labute approximate surface area is 108 Å². The first-order valence-corrected chi connectivity index (χ1v) is 6.72. The number of aromatic nitrogens is 1. The number of hydrogen-bond acceptors (Lipinski definition) is 3. The lowest BCUT2D eigenvalue weighted by Gasteiger charge is -2.15. The molecule has 2 rings (SSSR count). The van der Waals surface area contributed by atoms with Gasteiger partial charge in [-0.15, -0.1) is 11.3 Å². The second kappa shape index (κ2) is 5.57. The molecule has 0 amide bonds. The van der Waals surface area contributed by atoms with E-state index in [0.717, 1.165) is 13.1 Å². The minimum atomic E-state index is 0.951. The SMILES string of the molecule is CN(Cc1ccncc1)Cc1sccc1Br. The highest BCUT2D eigenvalue weighted by molar-refractivity contribution is 9.10. The van der Waals surface area contributed by atoms with Gasteiger partial charge < -0.3 is 0 Å². The van der Waals surface area contributed by atoms with Crippen LogP contribution in [0.15, 0.2) is 40.4 Å². The number of hydrogen-bond donors (Lipinski definition) is 0. The Morgan fingerprint density at radius 3 is 2.62 bits per heavy atom. The molecule has 0 saturated heterocycles. The summed E-state index contributed by atoms with van der Waals surface area (Å²) in [5.41, 5.74) is 1.30. The summed E-state index contributed by atoms with van der Waals surface area (Å²) >= 11 is 5.34. The molecule has 0 radical (unpaired) electrons. The number of halogens is 1. The lowest BCUT2D eigenvalue weighted by Crippen LogP contribution is -2.16. The average molecular weight is 297 g/mol. The molecular weight excluding hydrogens is 284 g/mol. The van der Waals surface area contributed by atoms with Gasteiger partial charge >= 0.3 is 0 Å². The Balaban J connectivity index is 1.95. The van der Waals surface area contributed by atoms with Crippen LogP contribution in [0.3, 0.4) is 0 Å². The van der Waals surface area contributed by atoms with E-state index in [4.69, 9.17) is 0 Å². The van der Waals surface area contributed by atoms with Crippen molar-refractivity contribution in [3.05, 3.63) is 50.9 Å². The predicted molar refractivity (Wildman–Crippen MR) is 71.4 cm³/mol. The van der Waals surface area contributed by atoms with Crippen LogP contribution in [0.4, 0.5) is 0 Å². The first-order valence-electron chi connectivity index (χ1n) is 5.05. The van der Waals surface area contributed by atoms with Crippen LogP contribution >= 0.6 is 27.3 Å². The second-order valence-corrected chi connectivity index (χ2v) is 5.57. The molecule has 0 N–H and O–H groups in total. The van der Waals surface area contributed by atoms with Gasteiger partial charge in [0.25, 0.3) is 0 Å². The quantitative estimate of drug-likeness (QED) is 0.858. The zero-order valence-electron chi connectivity index (χ0n) is 9.06. The molecule has 0 fully saturated rings. The molecule has 4 heteroatoms. The molecule has 0 saturated carbocycles. The third kappa shape index (κ3) is 3.14. The molecule has 0 atom stereocenters. The molecule has 2 heterocycles. The van der Waals surface area contributed by atoms with Gasteiger partial charge in [0, 0.05) is 34.8 Å². The average Bonchev–Trinajstić information content (AvgIpc) is 2.66. The smallest absolute Gasteiger partial charge is 0.0339 e. The molecule has 16 heavy (non-hydrogen) atoms. The summed E-state index contributed by atoms with van der Waals surface area (Å²) in [5.74, 6) is 0. The van der Waals surface area contributed by atoms with Crippen LogP contribution < -0.4 is 0 Å². The normalized spacial score (nSPS) is 10.9. The van der Waals surface area contributed by atoms with Crippen LogP contribution in [0.2, 0.25) is 0 Å². The van der Waals surface area contributed by atoms with Crippen LogP contribution in [0.1, 0.15) is 10.4 Å². The molecule has 0 unspecified atom stereocenters. The van der Waals surface area contributed by atoms with Crippen LogP contribution in [0.5, 0.6) is 0 Å². The third-order valence-corrected chi connectivity index (χ3v) is 4.22. The Bertz CT molecular complexity index is 441. The maximum atomic E-state index is 4.02. The maximum Gasteiger partial charge on any atom is 0.0339 e. The highest BCUT2D eigenvalue weighted by atomic mass is 79.9. The summed E-state index contributed by atoms with van der Waals surface area (Å²) in [5, 5.41) is 2.11. The summed E-state index contributed by atoms with van der Waals surface area (Å²) in [6, 6.07) is 6.21. The summed E-state index contributed by atoms with van der Waals surface area (Å²) in [7, 11) is 2.13. The first kappa shape index (κ1) is 11.8. The van der Waals surface area contributed by atoms with Crippen LogP contribution in [0.25, 0.3) is 0 Å². The molecule has 0 aliphatic carbocycles. The van der Waals surface area contributed by atoms with Crippen molar-refractivity contribution in [1.29, 1.82) is 0 Å². The minimum absolute atomic E-state index is 0.951. The Morgan fingerprint density at radius 2 is 2.00 bits per heavy atom. The van der Waals surface area contributed by atoms with Crippen molar-refractivity contribution in [3.63, 3.8) is 0 Å². The van der Waals surface area contributed by atoms with Gasteiger partial charge in [-0.25, -0.2) is 0 Å². The molecule has 2 aromatic heterocycles. The summed E-state index contributed by atoms with van der Waals surface area (Å²) in [6.07, 6.45) is 3.68. The fourth-order valence-electron chi connectivity index (χ4n) is 1.54. The van der Waals surface area contributed by atoms with Crippen LogP contribution in [-0.2, 0) is 13.1 Å². The van der Waals surface area contributed by atoms with E-state index in [0.29, 0.717) is 0 Å². The Hall–Kier alpha value is -0.710. The highest BCUT2D eigenvalue weighted by Gasteiger charge is 2.05. The molecule has 2 nitrogen and oxygen atoms in total. The summed E-state index contributed by atoms with van der Waals surface area (Å²) < 4.78 is 1.21. The third-order valence-electron chi connectivity index (χ3n) is 2.31. The maximum absolute atomic E-state index is 4.02. The molecule has 0 bridgehead atoms. The van der Waals surface area contributed by atoms with E-state index in [-0.39, 0.29) is 0 Å². The van der Waals surface area contributed by atoms with Crippen molar-refractivity contribution in [2.24, 2.45) is 0 Å². The number of rotatable bonds is 4. The van der Waals surface area contributed by atoms with E-state index in [1.54, 1.807) is 11.3 Å². The van der Waals surface area contributed by atoms with Crippen LogP contribution in [0, 0.1) is 0 Å².